The van der Waals surface area contributed by atoms with Crippen LogP contribution in [0.15, 0.2) is 23.1 Å². The molecule has 2 aromatic heterocycles. The largest absolute Gasteiger partial charge is 0.382 e. The Morgan fingerprint density at radius 2 is 1.89 bits per heavy atom. The third kappa shape index (κ3) is 3.58. The number of aromatic nitrogens is 3. The van der Waals surface area contributed by atoms with E-state index in [1.54, 1.807) is 0 Å². The smallest absolute Gasteiger partial charge is 0.181 e. The maximum atomic E-state index is 13.9. The predicted octanol–water partition coefficient (Wildman–Crippen LogP) is 3.33. The topological polar surface area (TPSA) is 90.9 Å². The second kappa shape index (κ2) is 7.46. The summed E-state index contributed by atoms with van der Waals surface area (Å²) in [6.07, 6.45) is 0.893. The molecule has 0 aliphatic rings. The Balaban J connectivity index is 1.90. The molecule has 0 radical (unpaired) electrons. The number of fused-ring (bicyclic) bond motifs is 1. The molecule has 3 aromatic rings. The van der Waals surface area contributed by atoms with Crippen molar-refractivity contribution in [3.8, 4) is 0 Å². The summed E-state index contributed by atoms with van der Waals surface area (Å²) in [6, 6.07) is 2.48. The quantitative estimate of drug-likeness (QED) is 0.632. The number of pyridine rings is 1. The van der Waals surface area contributed by atoms with Gasteiger partial charge in [-0.25, -0.2) is 27.2 Å². The first kappa shape index (κ1) is 20.2. The number of hydrogen-bond donors (Lipinski definition) is 1. The van der Waals surface area contributed by atoms with Crippen molar-refractivity contribution in [2.24, 2.45) is 0 Å². The molecule has 0 atom stereocenters. The molecule has 150 valence electrons. The first-order valence-corrected chi connectivity index (χ1v) is 10.6. The van der Waals surface area contributed by atoms with Crippen LogP contribution in [0.1, 0.15) is 30.4 Å². The van der Waals surface area contributed by atoms with Crippen LogP contribution in [0, 0.1) is 25.5 Å². The number of aryl methyl sites for hydroxylation is 4. The van der Waals surface area contributed by atoms with Gasteiger partial charge in [-0.2, -0.15) is 0 Å². The third-order valence-corrected chi connectivity index (χ3v) is 6.64. The Morgan fingerprint density at radius 1 is 1.18 bits per heavy atom. The summed E-state index contributed by atoms with van der Waals surface area (Å²) in [5, 5.41) is 0. The van der Waals surface area contributed by atoms with Gasteiger partial charge in [0.1, 0.15) is 27.9 Å². The van der Waals surface area contributed by atoms with Crippen LogP contribution in [0.5, 0.6) is 0 Å². The molecule has 0 fully saturated rings. The van der Waals surface area contributed by atoms with Crippen molar-refractivity contribution in [3.63, 3.8) is 0 Å². The van der Waals surface area contributed by atoms with Crippen molar-refractivity contribution in [3.05, 3.63) is 46.9 Å². The van der Waals surface area contributed by atoms with E-state index < -0.39 is 26.4 Å². The molecule has 1 aromatic carbocycles. The van der Waals surface area contributed by atoms with Crippen molar-refractivity contribution in [1.29, 1.82) is 0 Å². The highest BCUT2D eigenvalue weighted by Crippen LogP contribution is 2.27. The highest BCUT2D eigenvalue weighted by atomic mass is 32.2. The molecule has 0 unspecified atom stereocenters. The lowest BCUT2D eigenvalue weighted by Gasteiger charge is -2.12. The van der Waals surface area contributed by atoms with E-state index in [0.29, 0.717) is 30.4 Å². The molecule has 0 spiro atoms. The normalized spacial score (nSPS) is 12.0. The maximum Gasteiger partial charge on any atom is 0.181 e. The number of nitrogens with zero attached hydrogens (tertiary/aromatic N) is 3. The minimum absolute atomic E-state index is 0.248. The second-order valence-corrected chi connectivity index (χ2v) is 8.76. The van der Waals surface area contributed by atoms with Crippen molar-refractivity contribution < 1.29 is 17.2 Å². The van der Waals surface area contributed by atoms with Crippen LogP contribution in [0.4, 0.5) is 14.6 Å². The number of benzene rings is 1. The SMILES string of the molecule is CCc1nc2c(N)nc(C)c(C)c2n1CCCS(=O)(=O)c1ccc(F)cc1F. The molecule has 0 bridgehead atoms. The Hall–Kier alpha value is -2.55. The van der Waals surface area contributed by atoms with Crippen LogP contribution in [0.2, 0.25) is 0 Å². The zero-order chi connectivity index (χ0) is 20.6. The van der Waals surface area contributed by atoms with E-state index in [9.17, 15) is 17.2 Å². The van der Waals surface area contributed by atoms with Gasteiger partial charge in [0.25, 0.3) is 0 Å². The van der Waals surface area contributed by atoms with Crippen LogP contribution in [-0.2, 0) is 22.8 Å². The van der Waals surface area contributed by atoms with Crippen LogP contribution in [-0.4, -0.2) is 28.7 Å². The van der Waals surface area contributed by atoms with Gasteiger partial charge in [-0.15, -0.1) is 0 Å². The summed E-state index contributed by atoms with van der Waals surface area (Å²) >= 11 is 0. The van der Waals surface area contributed by atoms with E-state index in [1.165, 1.54) is 0 Å². The summed E-state index contributed by atoms with van der Waals surface area (Å²) in [5.41, 5.74) is 9.18. The molecule has 0 saturated carbocycles. The summed E-state index contributed by atoms with van der Waals surface area (Å²) in [7, 11) is -3.87. The second-order valence-electron chi connectivity index (χ2n) is 6.69. The van der Waals surface area contributed by atoms with Gasteiger partial charge in [-0.1, -0.05) is 6.92 Å². The molecule has 6 nitrogen and oxygen atoms in total. The zero-order valence-corrected chi connectivity index (χ0v) is 16.8. The van der Waals surface area contributed by atoms with Crippen molar-refractivity contribution >= 4 is 26.7 Å². The van der Waals surface area contributed by atoms with Crippen LogP contribution in [0.3, 0.4) is 0 Å². The minimum atomic E-state index is -3.87. The lowest BCUT2D eigenvalue weighted by Crippen LogP contribution is -2.13. The van der Waals surface area contributed by atoms with Crippen molar-refractivity contribution in [2.45, 2.75) is 45.1 Å². The summed E-state index contributed by atoms with van der Waals surface area (Å²) in [6.45, 7) is 6.11. The molecule has 0 aliphatic carbocycles. The number of sulfone groups is 1. The first-order valence-electron chi connectivity index (χ1n) is 8.95. The molecule has 0 saturated heterocycles. The molecular formula is C19H22F2N4O2S. The summed E-state index contributed by atoms with van der Waals surface area (Å²) in [5.74, 6) is -1.04. The average molecular weight is 408 g/mol. The number of anilines is 1. The lowest BCUT2D eigenvalue weighted by molar-refractivity contribution is 0.546. The predicted molar refractivity (Wildman–Crippen MR) is 104 cm³/mol. The van der Waals surface area contributed by atoms with Gasteiger partial charge in [-0.05, 0) is 38.0 Å². The molecular weight excluding hydrogens is 386 g/mol. The molecule has 2 heterocycles. The van der Waals surface area contributed by atoms with Crippen molar-refractivity contribution in [2.75, 3.05) is 11.5 Å². The van der Waals surface area contributed by atoms with E-state index >= 15 is 0 Å². The van der Waals surface area contributed by atoms with E-state index in [0.717, 1.165) is 34.7 Å². The van der Waals surface area contributed by atoms with Gasteiger partial charge in [0.05, 0.1) is 11.3 Å². The fourth-order valence-corrected chi connectivity index (χ4v) is 4.67. The Morgan fingerprint density at radius 3 is 2.54 bits per heavy atom. The molecule has 0 amide bonds. The fraction of sp³-hybridized carbons (Fsp3) is 0.368. The molecule has 9 heteroatoms. The highest BCUT2D eigenvalue weighted by Gasteiger charge is 2.21. The number of hydrogen-bond acceptors (Lipinski definition) is 5. The average Bonchev–Trinajstić information content (AvgIpc) is 2.98. The number of nitrogens with two attached hydrogens (primary N) is 1. The van der Waals surface area contributed by atoms with Gasteiger partial charge in [0, 0.05) is 24.7 Å². The van der Waals surface area contributed by atoms with Gasteiger partial charge in [-0.3, -0.25) is 0 Å². The minimum Gasteiger partial charge on any atom is -0.382 e. The summed E-state index contributed by atoms with van der Waals surface area (Å²) < 4.78 is 53.8. The van der Waals surface area contributed by atoms with E-state index in [-0.39, 0.29) is 12.2 Å². The Labute approximate surface area is 162 Å². The Bertz CT molecular complexity index is 1160. The van der Waals surface area contributed by atoms with Crippen LogP contribution >= 0.6 is 0 Å². The Kier molecular flexibility index (Phi) is 5.38. The molecule has 3 rings (SSSR count). The highest BCUT2D eigenvalue weighted by molar-refractivity contribution is 7.91. The number of halogens is 2. The van der Waals surface area contributed by atoms with Crippen molar-refractivity contribution in [1.82, 2.24) is 14.5 Å². The number of rotatable bonds is 6. The van der Waals surface area contributed by atoms with Gasteiger partial charge >= 0.3 is 0 Å². The first-order chi connectivity index (χ1) is 13.2. The zero-order valence-electron chi connectivity index (χ0n) is 16.0. The number of nitrogen functional groups attached to an aromatic ring is 1. The van der Waals surface area contributed by atoms with Gasteiger partial charge in [0.15, 0.2) is 15.7 Å². The van der Waals surface area contributed by atoms with E-state index in [2.05, 4.69) is 9.97 Å². The third-order valence-electron chi connectivity index (χ3n) is 4.82. The van der Waals surface area contributed by atoms with Gasteiger partial charge < -0.3 is 10.3 Å². The van der Waals surface area contributed by atoms with Gasteiger partial charge in [0.2, 0.25) is 0 Å². The lowest BCUT2D eigenvalue weighted by atomic mass is 10.2. The van der Waals surface area contributed by atoms with E-state index in [4.69, 9.17) is 5.73 Å². The van der Waals surface area contributed by atoms with Crippen LogP contribution in [0.25, 0.3) is 11.0 Å². The number of imidazole rings is 1. The van der Waals surface area contributed by atoms with E-state index in [1.807, 2.05) is 25.3 Å². The fourth-order valence-electron chi connectivity index (χ4n) is 3.31. The molecule has 0 aliphatic heterocycles. The molecule has 28 heavy (non-hydrogen) atoms. The molecule has 2 N–H and O–H groups in total. The monoisotopic (exact) mass is 408 g/mol. The maximum absolute atomic E-state index is 13.9. The summed E-state index contributed by atoms with van der Waals surface area (Å²) in [4.78, 5) is 8.37. The van der Waals surface area contributed by atoms with Crippen LogP contribution < -0.4 is 5.73 Å². The standard InChI is InChI=1S/C19H22F2N4O2S/c1-4-16-24-17-18(11(2)12(3)23-19(17)22)25(16)8-5-9-28(26,27)15-7-6-13(20)10-14(15)21/h6-7,10H,4-5,8-9H2,1-3H3,(H2,22,23).